The maximum atomic E-state index is 12.3. The molecule has 0 spiro atoms. The summed E-state index contributed by atoms with van der Waals surface area (Å²) in [6.07, 6.45) is -0.759. The molecule has 0 unspecified atom stereocenters. The van der Waals surface area contributed by atoms with Gasteiger partial charge in [0.15, 0.2) is 6.10 Å². The van der Waals surface area contributed by atoms with Gasteiger partial charge in [0.2, 0.25) is 0 Å². The molecular formula is C16H20N4O4. The number of aromatic nitrogens is 2. The molecule has 24 heavy (non-hydrogen) atoms. The van der Waals surface area contributed by atoms with E-state index in [0.717, 1.165) is 11.4 Å². The molecule has 0 aliphatic rings. The van der Waals surface area contributed by atoms with Gasteiger partial charge in [-0.3, -0.25) is 19.6 Å². The van der Waals surface area contributed by atoms with Crippen molar-refractivity contribution in [3.8, 4) is 5.75 Å². The van der Waals surface area contributed by atoms with E-state index >= 15 is 0 Å². The third kappa shape index (κ3) is 3.53. The smallest absolute Gasteiger partial charge is 0.272 e. The molecule has 0 fully saturated rings. The summed E-state index contributed by atoms with van der Waals surface area (Å²) >= 11 is 0. The van der Waals surface area contributed by atoms with Crippen LogP contribution in [0.2, 0.25) is 0 Å². The number of hydrogen-bond donors (Lipinski definition) is 1. The van der Waals surface area contributed by atoms with Gasteiger partial charge in [-0.05, 0) is 39.8 Å². The van der Waals surface area contributed by atoms with E-state index < -0.39 is 11.0 Å². The van der Waals surface area contributed by atoms with Crippen LogP contribution in [0.25, 0.3) is 0 Å². The number of benzene rings is 1. The second-order valence-electron chi connectivity index (χ2n) is 5.62. The number of ether oxygens (including phenoxy) is 1. The van der Waals surface area contributed by atoms with Gasteiger partial charge in [0.05, 0.1) is 22.0 Å². The lowest BCUT2D eigenvalue weighted by atomic mass is 10.2. The maximum absolute atomic E-state index is 12.3. The third-order valence-corrected chi connectivity index (χ3v) is 3.80. The molecule has 1 N–H and O–H groups in total. The molecule has 8 heteroatoms. The fourth-order valence-electron chi connectivity index (χ4n) is 2.34. The second-order valence-corrected chi connectivity index (χ2v) is 5.62. The van der Waals surface area contributed by atoms with Gasteiger partial charge in [0.1, 0.15) is 5.75 Å². The standard InChI is InChI=1S/C16H20N4O4/c1-9-8-13(6-7-14(9)20(22)23)24-12(4)16(21)17-15-10(2)18-19(5)11(15)3/h6-8,12H,1-5H3,(H,17,21)/t12-/m0/s1. The molecule has 0 aliphatic heterocycles. The Morgan fingerprint density at radius 1 is 1.38 bits per heavy atom. The lowest BCUT2D eigenvalue weighted by Gasteiger charge is -2.15. The molecule has 2 rings (SSSR count). The van der Waals surface area contributed by atoms with Gasteiger partial charge in [-0.25, -0.2) is 0 Å². The number of amides is 1. The number of carbonyl (C=O) groups is 1. The van der Waals surface area contributed by atoms with Crippen LogP contribution in [0.3, 0.4) is 0 Å². The van der Waals surface area contributed by atoms with Crippen molar-refractivity contribution in [1.29, 1.82) is 0 Å². The number of nitrogens with one attached hydrogen (secondary N) is 1. The maximum Gasteiger partial charge on any atom is 0.272 e. The third-order valence-electron chi connectivity index (χ3n) is 3.80. The zero-order valence-electron chi connectivity index (χ0n) is 14.3. The van der Waals surface area contributed by atoms with E-state index in [1.54, 1.807) is 31.6 Å². The average Bonchev–Trinajstić information content (AvgIpc) is 2.73. The van der Waals surface area contributed by atoms with E-state index in [2.05, 4.69) is 10.4 Å². The van der Waals surface area contributed by atoms with Crippen LogP contribution in [0.5, 0.6) is 5.75 Å². The Hall–Kier alpha value is -2.90. The lowest BCUT2D eigenvalue weighted by Crippen LogP contribution is -2.30. The Morgan fingerprint density at radius 3 is 2.54 bits per heavy atom. The highest BCUT2D eigenvalue weighted by molar-refractivity contribution is 5.95. The molecule has 8 nitrogen and oxygen atoms in total. The van der Waals surface area contributed by atoms with Crippen molar-refractivity contribution in [2.75, 3.05) is 5.32 Å². The minimum absolute atomic E-state index is 0.0149. The molecule has 1 aromatic carbocycles. The summed E-state index contributed by atoms with van der Waals surface area (Å²) in [5.41, 5.74) is 2.73. The van der Waals surface area contributed by atoms with Crippen molar-refractivity contribution >= 4 is 17.3 Å². The molecule has 0 aliphatic carbocycles. The predicted octanol–water partition coefficient (Wildman–Crippen LogP) is 2.66. The first-order valence-electron chi connectivity index (χ1n) is 7.43. The molecule has 0 bridgehead atoms. The van der Waals surface area contributed by atoms with Crippen LogP contribution in [0.4, 0.5) is 11.4 Å². The topological polar surface area (TPSA) is 99.3 Å². The van der Waals surface area contributed by atoms with Crippen LogP contribution in [-0.4, -0.2) is 26.7 Å². The lowest BCUT2D eigenvalue weighted by molar-refractivity contribution is -0.385. The SMILES string of the molecule is Cc1cc(O[C@@H](C)C(=O)Nc2c(C)nn(C)c2C)ccc1[N+](=O)[O-]. The van der Waals surface area contributed by atoms with Crippen LogP contribution < -0.4 is 10.1 Å². The summed E-state index contributed by atoms with van der Waals surface area (Å²) in [5, 5.41) is 17.9. The number of carbonyl (C=O) groups excluding carboxylic acids is 1. The minimum atomic E-state index is -0.759. The quantitative estimate of drug-likeness (QED) is 0.670. The molecule has 0 saturated carbocycles. The number of anilines is 1. The number of nitro groups is 1. The second kappa shape index (κ2) is 6.69. The van der Waals surface area contributed by atoms with Crippen molar-refractivity contribution < 1.29 is 14.5 Å². The van der Waals surface area contributed by atoms with E-state index in [9.17, 15) is 14.9 Å². The van der Waals surface area contributed by atoms with E-state index in [1.165, 1.54) is 12.1 Å². The molecule has 1 aromatic heterocycles. The first kappa shape index (κ1) is 17.5. The number of aryl methyl sites for hydroxylation is 3. The average molecular weight is 332 g/mol. The Kier molecular flexibility index (Phi) is 4.87. The Bertz CT molecular complexity index is 798. The van der Waals surface area contributed by atoms with Gasteiger partial charge >= 0.3 is 0 Å². The van der Waals surface area contributed by atoms with Crippen molar-refractivity contribution in [1.82, 2.24) is 9.78 Å². The predicted molar refractivity (Wildman–Crippen MR) is 89.2 cm³/mol. The van der Waals surface area contributed by atoms with Gasteiger partial charge < -0.3 is 10.1 Å². The van der Waals surface area contributed by atoms with E-state index in [4.69, 9.17) is 4.74 Å². The molecule has 1 amide bonds. The largest absolute Gasteiger partial charge is 0.481 e. The highest BCUT2D eigenvalue weighted by atomic mass is 16.6. The van der Waals surface area contributed by atoms with Gasteiger partial charge in [-0.15, -0.1) is 0 Å². The highest BCUT2D eigenvalue weighted by Crippen LogP contribution is 2.24. The van der Waals surface area contributed by atoms with E-state index in [1.807, 2.05) is 13.8 Å². The van der Waals surface area contributed by atoms with Crippen LogP contribution in [-0.2, 0) is 11.8 Å². The molecular weight excluding hydrogens is 312 g/mol. The fourth-order valence-corrected chi connectivity index (χ4v) is 2.34. The summed E-state index contributed by atoms with van der Waals surface area (Å²) in [7, 11) is 1.80. The zero-order valence-corrected chi connectivity index (χ0v) is 14.3. The summed E-state index contributed by atoms with van der Waals surface area (Å²) in [6, 6.07) is 4.39. The molecule has 128 valence electrons. The minimum Gasteiger partial charge on any atom is -0.481 e. The van der Waals surface area contributed by atoms with Crippen LogP contribution >= 0.6 is 0 Å². The fraction of sp³-hybridized carbons (Fsp3) is 0.375. The van der Waals surface area contributed by atoms with Gasteiger partial charge in [0.25, 0.3) is 11.6 Å². The monoisotopic (exact) mass is 332 g/mol. The van der Waals surface area contributed by atoms with E-state index in [0.29, 0.717) is 17.0 Å². The summed E-state index contributed by atoms with van der Waals surface area (Å²) in [5.74, 6) is 0.0885. The Balaban J connectivity index is 2.09. The van der Waals surface area contributed by atoms with Crippen LogP contribution in [0.1, 0.15) is 23.9 Å². The Morgan fingerprint density at radius 2 is 2.04 bits per heavy atom. The number of nitro benzene ring substituents is 1. The number of nitrogens with zero attached hydrogens (tertiary/aromatic N) is 3. The summed E-state index contributed by atoms with van der Waals surface area (Å²) in [4.78, 5) is 22.7. The molecule has 1 atom stereocenters. The van der Waals surface area contributed by atoms with Crippen LogP contribution in [0, 0.1) is 30.9 Å². The Labute approximate surface area is 139 Å². The first-order valence-corrected chi connectivity index (χ1v) is 7.43. The van der Waals surface area contributed by atoms with Gasteiger partial charge in [-0.2, -0.15) is 5.10 Å². The van der Waals surface area contributed by atoms with E-state index in [-0.39, 0.29) is 11.6 Å². The van der Waals surface area contributed by atoms with Crippen molar-refractivity contribution in [2.24, 2.45) is 7.05 Å². The van der Waals surface area contributed by atoms with Crippen LogP contribution in [0.15, 0.2) is 18.2 Å². The van der Waals surface area contributed by atoms with Crippen molar-refractivity contribution in [3.63, 3.8) is 0 Å². The molecule has 0 saturated heterocycles. The number of rotatable bonds is 5. The van der Waals surface area contributed by atoms with Crippen molar-refractivity contribution in [2.45, 2.75) is 33.8 Å². The molecule has 1 heterocycles. The highest BCUT2D eigenvalue weighted by Gasteiger charge is 2.20. The summed E-state index contributed by atoms with van der Waals surface area (Å²) in [6.45, 7) is 6.92. The summed E-state index contributed by atoms with van der Waals surface area (Å²) < 4.78 is 7.28. The van der Waals surface area contributed by atoms with Crippen molar-refractivity contribution in [3.05, 3.63) is 45.3 Å². The van der Waals surface area contributed by atoms with Gasteiger partial charge in [-0.1, -0.05) is 0 Å². The van der Waals surface area contributed by atoms with Gasteiger partial charge in [0, 0.05) is 18.7 Å². The first-order chi connectivity index (χ1) is 11.2. The zero-order chi connectivity index (χ0) is 18.0. The number of hydrogen-bond acceptors (Lipinski definition) is 5. The molecule has 2 aromatic rings. The molecule has 0 radical (unpaired) electrons. The normalized spacial score (nSPS) is 11.9.